The lowest BCUT2D eigenvalue weighted by Gasteiger charge is -2.35. The maximum absolute atomic E-state index is 12.3. The number of carbonyl (C=O) groups is 2. The molecule has 1 saturated heterocycles. The highest BCUT2D eigenvalue weighted by Crippen LogP contribution is 2.32. The monoisotopic (exact) mass is 483 g/mol. The number of carbonyl (C=O) groups excluding carboxylic acids is 2. The van der Waals surface area contributed by atoms with Crippen molar-refractivity contribution in [3.8, 4) is 11.3 Å². The fourth-order valence-electron chi connectivity index (χ4n) is 3.65. The van der Waals surface area contributed by atoms with Crippen LogP contribution in [0.4, 0.5) is 11.4 Å². The summed E-state index contributed by atoms with van der Waals surface area (Å²) < 4.78 is 5.77. The van der Waals surface area contributed by atoms with Crippen LogP contribution in [-0.2, 0) is 9.59 Å². The first kappa shape index (κ1) is 23.0. The summed E-state index contributed by atoms with van der Waals surface area (Å²) in [4.78, 5) is 27.9. The van der Waals surface area contributed by atoms with Gasteiger partial charge in [0.05, 0.1) is 5.02 Å². The van der Waals surface area contributed by atoms with Crippen molar-refractivity contribution in [2.24, 2.45) is 0 Å². The predicted octanol–water partition coefficient (Wildman–Crippen LogP) is 5.57. The van der Waals surface area contributed by atoms with Crippen LogP contribution < -0.4 is 10.2 Å². The lowest BCUT2D eigenvalue weighted by molar-refractivity contribution is -0.129. The Labute approximate surface area is 202 Å². The van der Waals surface area contributed by atoms with Crippen LogP contribution in [0.5, 0.6) is 0 Å². The van der Waals surface area contributed by atoms with Gasteiger partial charge in [0, 0.05) is 61.1 Å². The van der Waals surface area contributed by atoms with E-state index in [0.717, 1.165) is 31.9 Å². The third-order valence-corrected chi connectivity index (χ3v) is 6.01. The van der Waals surface area contributed by atoms with Gasteiger partial charge in [-0.1, -0.05) is 23.2 Å². The first-order valence-corrected chi connectivity index (χ1v) is 11.3. The minimum absolute atomic E-state index is 0.111. The van der Waals surface area contributed by atoms with Gasteiger partial charge in [-0.2, -0.15) is 0 Å². The number of hydrogen-bond acceptors (Lipinski definition) is 4. The van der Waals surface area contributed by atoms with Crippen molar-refractivity contribution in [3.63, 3.8) is 0 Å². The van der Waals surface area contributed by atoms with Gasteiger partial charge in [0.2, 0.25) is 11.8 Å². The first-order valence-electron chi connectivity index (χ1n) is 10.5. The van der Waals surface area contributed by atoms with Crippen molar-refractivity contribution < 1.29 is 14.0 Å². The number of nitrogens with zero attached hydrogens (tertiary/aromatic N) is 2. The molecule has 1 aliphatic rings. The molecule has 2 heterocycles. The normalized spacial score (nSPS) is 14.0. The van der Waals surface area contributed by atoms with E-state index < -0.39 is 0 Å². The van der Waals surface area contributed by atoms with E-state index in [9.17, 15) is 9.59 Å². The minimum atomic E-state index is -0.267. The van der Waals surface area contributed by atoms with Crippen LogP contribution >= 0.6 is 23.2 Å². The quantitative estimate of drug-likeness (QED) is 0.481. The van der Waals surface area contributed by atoms with Gasteiger partial charge < -0.3 is 19.5 Å². The second kappa shape index (κ2) is 10.1. The number of furan rings is 1. The van der Waals surface area contributed by atoms with Crippen molar-refractivity contribution in [1.29, 1.82) is 0 Å². The number of amides is 2. The Hall–Kier alpha value is -3.22. The Morgan fingerprint density at radius 1 is 0.970 bits per heavy atom. The molecule has 1 aliphatic heterocycles. The lowest BCUT2D eigenvalue weighted by atomic mass is 10.2. The summed E-state index contributed by atoms with van der Waals surface area (Å²) in [6.07, 6.45) is 3.01. The molecular weight excluding hydrogens is 461 g/mol. The van der Waals surface area contributed by atoms with Crippen molar-refractivity contribution in [1.82, 2.24) is 4.90 Å². The molecule has 33 heavy (non-hydrogen) atoms. The molecule has 8 heteroatoms. The molecule has 6 nitrogen and oxygen atoms in total. The molecule has 4 rings (SSSR count). The molecule has 170 valence electrons. The highest BCUT2D eigenvalue weighted by molar-refractivity contribution is 6.35. The Morgan fingerprint density at radius 2 is 1.70 bits per heavy atom. The van der Waals surface area contributed by atoms with Gasteiger partial charge in [0.25, 0.3) is 0 Å². The van der Waals surface area contributed by atoms with E-state index in [1.165, 1.54) is 6.08 Å². The molecular formula is C25H23Cl2N3O3. The third-order valence-electron chi connectivity index (χ3n) is 5.44. The molecule has 0 aliphatic carbocycles. The number of hydrogen-bond donors (Lipinski definition) is 1. The van der Waals surface area contributed by atoms with Gasteiger partial charge in [-0.3, -0.25) is 9.59 Å². The van der Waals surface area contributed by atoms with Crippen LogP contribution in [0, 0.1) is 0 Å². The van der Waals surface area contributed by atoms with E-state index in [1.54, 1.807) is 43.3 Å². The summed E-state index contributed by atoms with van der Waals surface area (Å²) in [5, 5.41) is 3.94. The van der Waals surface area contributed by atoms with Gasteiger partial charge in [-0.05, 0) is 60.7 Å². The van der Waals surface area contributed by atoms with E-state index in [0.29, 0.717) is 32.8 Å². The average molecular weight is 484 g/mol. The molecule has 3 aromatic rings. The zero-order chi connectivity index (χ0) is 23.4. The number of rotatable bonds is 5. The molecule has 1 fully saturated rings. The molecule has 2 aromatic carbocycles. The number of benzene rings is 2. The van der Waals surface area contributed by atoms with Gasteiger partial charge in [0.1, 0.15) is 11.5 Å². The van der Waals surface area contributed by atoms with Crippen LogP contribution in [0.25, 0.3) is 17.4 Å². The van der Waals surface area contributed by atoms with Crippen LogP contribution in [0.3, 0.4) is 0 Å². The molecule has 0 bridgehead atoms. The fourth-order valence-corrected chi connectivity index (χ4v) is 4.03. The maximum atomic E-state index is 12.3. The largest absolute Gasteiger partial charge is 0.457 e. The van der Waals surface area contributed by atoms with Gasteiger partial charge in [-0.25, -0.2) is 0 Å². The SMILES string of the molecule is CC(=O)N1CCN(c2ccc(NC(=O)C=Cc3ccc(-c4cc(Cl)ccc4Cl)o3)cc2)CC1. The van der Waals surface area contributed by atoms with Gasteiger partial charge in [-0.15, -0.1) is 0 Å². The summed E-state index contributed by atoms with van der Waals surface area (Å²) in [6, 6.07) is 16.4. The van der Waals surface area contributed by atoms with Gasteiger partial charge in [0.15, 0.2) is 0 Å². The van der Waals surface area contributed by atoms with Gasteiger partial charge >= 0.3 is 0 Å². The maximum Gasteiger partial charge on any atom is 0.248 e. The Balaban J connectivity index is 1.33. The summed E-state index contributed by atoms with van der Waals surface area (Å²) in [7, 11) is 0. The highest BCUT2D eigenvalue weighted by atomic mass is 35.5. The van der Waals surface area contributed by atoms with E-state index in [1.807, 2.05) is 29.2 Å². The molecule has 0 saturated carbocycles. The summed E-state index contributed by atoms with van der Waals surface area (Å²) >= 11 is 12.3. The third kappa shape index (κ3) is 5.78. The number of piperazine rings is 1. The summed E-state index contributed by atoms with van der Waals surface area (Å²) in [5.41, 5.74) is 2.45. The Bertz CT molecular complexity index is 1180. The van der Waals surface area contributed by atoms with Crippen molar-refractivity contribution in [3.05, 3.63) is 76.5 Å². The average Bonchev–Trinajstić information content (AvgIpc) is 3.29. The smallest absolute Gasteiger partial charge is 0.248 e. The number of nitrogens with one attached hydrogen (secondary N) is 1. The molecule has 2 amide bonds. The molecule has 1 aromatic heterocycles. The summed E-state index contributed by atoms with van der Waals surface area (Å²) in [5.74, 6) is 0.940. The summed E-state index contributed by atoms with van der Waals surface area (Å²) in [6.45, 7) is 4.62. The van der Waals surface area contributed by atoms with Crippen LogP contribution in [-0.4, -0.2) is 42.9 Å². The van der Waals surface area contributed by atoms with Crippen LogP contribution in [0.1, 0.15) is 12.7 Å². The fraction of sp³-hybridized carbons (Fsp3) is 0.200. The van der Waals surface area contributed by atoms with E-state index in [4.69, 9.17) is 27.6 Å². The number of halogens is 2. The Morgan fingerprint density at radius 3 is 2.39 bits per heavy atom. The second-order valence-corrected chi connectivity index (χ2v) is 8.53. The molecule has 0 unspecified atom stereocenters. The van der Waals surface area contributed by atoms with Crippen molar-refractivity contribution >= 4 is 52.5 Å². The van der Waals surface area contributed by atoms with E-state index in [2.05, 4.69) is 10.2 Å². The zero-order valence-corrected chi connectivity index (χ0v) is 19.6. The Kier molecular flexibility index (Phi) is 7.06. The minimum Gasteiger partial charge on any atom is -0.457 e. The van der Waals surface area contributed by atoms with E-state index >= 15 is 0 Å². The zero-order valence-electron chi connectivity index (χ0n) is 18.1. The molecule has 0 spiro atoms. The highest BCUT2D eigenvalue weighted by Gasteiger charge is 2.18. The van der Waals surface area contributed by atoms with Crippen molar-refractivity contribution in [2.75, 3.05) is 36.4 Å². The van der Waals surface area contributed by atoms with Crippen LogP contribution in [0.2, 0.25) is 10.0 Å². The topological polar surface area (TPSA) is 65.8 Å². The predicted molar refractivity (Wildman–Crippen MR) is 133 cm³/mol. The second-order valence-electron chi connectivity index (χ2n) is 7.69. The lowest BCUT2D eigenvalue weighted by Crippen LogP contribution is -2.48. The standard InChI is InChI=1S/C25H23Cl2N3O3/c1-17(31)29-12-14-30(15-13-29)20-5-3-19(4-6-20)28-25(32)11-8-21-7-10-24(33-21)22-16-18(26)2-9-23(22)27/h2-11,16H,12-15H2,1H3,(H,28,32). The van der Waals surface area contributed by atoms with Crippen molar-refractivity contribution in [2.45, 2.75) is 6.92 Å². The van der Waals surface area contributed by atoms with Crippen LogP contribution in [0.15, 0.2) is 65.1 Å². The number of anilines is 2. The molecule has 1 N–H and O–H groups in total. The first-order chi connectivity index (χ1) is 15.9. The molecule has 0 atom stereocenters. The van der Waals surface area contributed by atoms with E-state index in [-0.39, 0.29) is 11.8 Å². The molecule has 0 radical (unpaired) electrons.